The molecule has 0 unspecified atom stereocenters. The van der Waals surface area contributed by atoms with Gasteiger partial charge in [0.05, 0.1) is 11.0 Å². The maximum absolute atomic E-state index is 13.5. The van der Waals surface area contributed by atoms with E-state index in [1.807, 2.05) is 7.05 Å². The van der Waals surface area contributed by atoms with E-state index < -0.39 is 0 Å². The molecule has 6 heteroatoms. The Labute approximate surface area is 118 Å². The van der Waals surface area contributed by atoms with Crippen molar-refractivity contribution in [3.05, 3.63) is 39.1 Å². The highest BCUT2D eigenvalue weighted by atomic mass is 32.1. The molecule has 2 heterocycles. The first kappa shape index (κ1) is 11.8. The third-order valence-electron chi connectivity index (χ3n) is 3.95. The van der Waals surface area contributed by atoms with Crippen LogP contribution in [-0.4, -0.2) is 14.1 Å². The van der Waals surface area contributed by atoms with Crippen LogP contribution in [0.2, 0.25) is 0 Å². The molecule has 1 saturated carbocycles. The Bertz CT molecular complexity index is 978. The lowest BCUT2D eigenvalue weighted by Crippen LogP contribution is -2.22. The number of hydrogen-bond acceptors (Lipinski definition) is 2. The van der Waals surface area contributed by atoms with Crippen LogP contribution < -0.4 is 5.56 Å². The number of nitrogens with zero attached hydrogens (tertiary/aromatic N) is 2. The van der Waals surface area contributed by atoms with E-state index >= 15 is 0 Å². The van der Waals surface area contributed by atoms with Crippen molar-refractivity contribution in [1.82, 2.24) is 14.1 Å². The van der Waals surface area contributed by atoms with Crippen molar-refractivity contribution in [2.75, 3.05) is 0 Å². The molecule has 1 aliphatic rings. The largest absolute Gasteiger partial charge is 0.338 e. The van der Waals surface area contributed by atoms with E-state index in [-0.39, 0.29) is 17.4 Å². The van der Waals surface area contributed by atoms with Gasteiger partial charge in [-0.25, -0.2) is 4.39 Å². The fourth-order valence-corrected chi connectivity index (χ4v) is 3.17. The van der Waals surface area contributed by atoms with E-state index in [1.165, 1.54) is 12.1 Å². The van der Waals surface area contributed by atoms with Crippen molar-refractivity contribution in [3.8, 4) is 0 Å². The normalized spacial score (nSPS) is 15.3. The number of nitrogens with one attached hydrogen (secondary N) is 1. The molecule has 3 aromatic rings. The Kier molecular flexibility index (Phi) is 2.24. The highest BCUT2D eigenvalue weighted by molar-refractivity contribution is 7.71. The summed E-state index contributed by atoms with van der Waals surface area (Å²) >= 11 is 5.29. The Morgan fingerprint density at radius 3 is 2.85 bits per heavy atom. The van der Waals surface area contributed by atoms with Gasteiger partial charge in [-0.1, -0.05) is 0 Å². The fourth-order valence-electron chi connectivity index (χ4n) is 2.83. The number of aryl methyl sites for hydroxylation is 1. The summed E-state index contributed by atoms with van der Waals surface area (Å²) in [6, 6.07) is 4.73. The molecule has 20 heavy (non-hydrogen) atoms. The molecular formula is C14H12FN3OS. The third kappa shape index (κ3) is 1.45. The number of benzene rings is 1. The highest BCUT2D eigenvalue weighted by Gasteiger charge is 2.27. The minimum absolute atomic E-state index is 0.0923. The zero-order valence-electron chi connectivity index (χ0n) is 10.8. The predicted molar refractivity (Wildman–Crippen MR) is 78.1 cm³/mol. The summed E-state index contributed by atoms with van der Waals surface area (Å²) in [6.45, 7) is 0. The number of H-pyrrole nitrogens is 1. The van der Waals surface area contributed by atoms with Crippen LogP contribution in [-0.2, 0) is 7.05 Å². The second-order valence-corrected chi connectivity index (χ2v) is 5.67. The van der Waals surface area contributed by atoms with Crippen LogP contribution in [0.3, 0.4) is 0 Å². The van der Waals surface area contributed by atoms with Gasteiger partial charge in [-0.2, -0.15) is 0 Å². The second kappa shape index (κ2) is 3.79. The van der Waals surface area contributed by atoms with Crippen molar-refractivity contribution < 1.29 is 4.39 Å². The molecule has 1 aliphatic carbocycles. The summed E-state index contributed by atoms with van der Waals surface area (Å²) in [5.41, 5.74) is 1.89. The molecule has 0 aliphatic heterocycles. The van der Waals surface area contributed by atoms with Crippen LogP contribution in [0, 0.1) is 10.6 Å². The summed E-state index contributed by atoms with van der Waals surface area (Å²) < 4.78 is 17.3. The van der Waals surface area contributed by atoms with E-state index in [0.717, 1.165) is 18.4 Å². The summed E-state index contributed by atoms with van der Waals surface area (Å²) in [6.07, 6.45) is 1.98. The van der Waals surface area contributed by atoms with Gasteiger partial charge in [-0.05, 0) is 43.3 Å². The van der Waals surface area contributed by atoms with E-state index in [2.05, 4.69) is 4.98 Å². The lowest BCUT2D eigenvalue weighted by Gasteiger charge is -2.05. The fraction of sp³-hybridized carbons (Fsp3) is 0.286. The van der Waals surface area contributed by atoms with E-state index in [0.29, 0.717) is 21.2 Å². The lowest BCUT2D eigenvalue weighted by atomic mass is 10.2. The average molecular weight is 289 g/mol. The Balaban J connectivity index is 2.27. The van der Waals surface area contributed by atoms with Gasteiger partial charge in [-0.3, -0.25) is 9.36 Å². The predicted octanol–water partition coefficient (Wildman–Crippen LogP) is 3.02. The molecule has 2 aromatic heterocycles. The molecule has 0 atom stereocenters. The molecular weight excluding hydrogens is 277 g/mol. The topological polar surface area (TPSA) is 42.7 Å². The SMILES string of the molecule is Cn1c2ccc(F)cc2c2[nH]c(=S)n(C3CC3)c(=O)c21. The summed E-state index contributed by atoms with van der Waals surface area (Å²) in [7, 11) is 1.82. The molecule has 0 bridgehead atoms. The summed E-state index contributed by atoms with van der Waals surface area (Å²) in [5.74, 6) is -0.323. The van der Waals surface area contributed by atoms with Gasteiger partial charge < -0.3 is 9.55 Å². The van der Waals surface area contributed by atoms with Crippen molar-refractivity contribution in [2.24, 2.45) is 7.05 Å². The minimum atomic E-state index is -0.323. The first-order chi connectivity index (χ1) is 9.58. The van der Waals surface area contributed by atoms with Crippen LogP contribution in [0.4, 0.5) is 4.39 Å². The summed E-state index contributed by atoms with van der Waals surface area (Å²) in [4.78, 5) is 15.8. The number of aromatic nitrogens is 3. The first-order valence-electron chi connectivity index (χ1n) is 6.50. The number of hydrogen-bond donors (Lipinski definition) is 1. The molecule has 1 aromatic carbocycles. The molecule has 1 fully saturated rings. The van der Waals surface area contributed by atoms with Crippen LogP contribution >= 0.6 is 12.2 Å². The van der Waals surface area contributed by atoms with Gasteiger partial charge in [0, 0.05) is 18.5 Å². The zero-order valence-corrected chi connectivity index (χ0v) is 11.6. The average Bonchev–Trinajstić information content (AvgIpc) is 3.18. The van der Waals surface area contributed by atoms with Crippen molar-refractivity contribution in [3.63, 3.8) is 0 Å². The van der Waals surface area contributed by atoms with Gasteiger partial charge in [0.25, 0.3) is 5.56 Å². The molecule has 4 rings (SSSR count). The minimum Gasteiger partial charge on any atom is -0.338 e. The van der Waals surface area contributed by atoms with E-state index in [1.54, 1.807) is 15.2 Å². The standard InChI is InChI=1S/C14H12FN3OS/c1-17-10-5-2-7(15)6-9(10)11-12(17)13(19)18(8-3-4-8)14(20)16-11/h2,5-6,8H,3-4H2,1H3,(H,16,20). The van der Waals surface area contributed by atoms with Crippen LogP contribution in [0.15, 0.2) is 23.0 Å². The van der Waals surface area contributed by atoms with Gasteiger partial charge >= 0.3 is 0 Å². The molecule has 102 valence electrons. The summed E-state index contributed by atoms with van der Waals surface area (Å²) in [5, 5.41) is 0.689. The number of aromatic amines is 1. The van der Waals surface area contributed by atoms with E-state index in [9.17, 15) is 9.18 Å². The number of fused-ring (bicyclic) bond motifs is 3. The molecule has 0 amide bonds. The smallest absolute Gasteiger partial charge is 0.279 e. The molecule has 0 saturated heterocycles. The molecule has 4 nitrogen and oxygen atoms in total. The lowest BCUT2D eigenvalue weighted by molar-refractivity contribution is 0.629. The number of rotatable bonds is 1. The Hall–Kier alpha value is -1.95. The van der Waals surface area contributed by atoms with E-state index in [4.69, 9.17) is 12.2 Å². The van der Waals surface area contributed by atoms with Crippen LogP contribution in [0.25, 0.3) is 21.9 Å². The van der Waals surface area contributed by atoms with Crippen LogP contribution in [0.1, 0.15) is 18.9 Å². The third-order valence-corrected chi connectivity index (χ3v) is 4.24. The van der Waals surface area contributed by atoms with Crippen molar-refractivity contribution in [1.29, 1.82) is 0 Å². The second-order valence-electron chi connectivity index (χ2n) is 5.28. The number of halogens is 1. The molecule has 1 N–H and O–H groups in total. The zero-order chi connectivity index (χ0) is 14.0. The molecule has 0 spiro atoms. The Morgan fingerprint density at radius 1 is 1.40 bits per heavy atom. The monoisotopic (exact) mass is 289 g/mol. The van der Waals surface area contributed by atoms with Gasteiger partial charge in [0.15, 0.2) is 4.77 Å². The Morgan fingerprint density at radius 2 is 2.15 bits per heavy atom. The first-order valence-corrected chi connectivity index (χ1v) is 6.91. The van der Waals surface area contributed by atoms with Gasteiger partial charge in [0.1, 0.15) is 11.3 Å². The maximum atomic E-state index is 13.5. The van der Waals surface area contributed by atoms with Crippen molar-refractivity contribution in [2.45, 2.75) is 18.9 Å². The van der Waals surface area contributed by atoms with Gasteiger partial charge in [0.2, 0.25) is 0 Å². The highest BCUT2D eigenvalue weighted by Crippen LogP contribution is 2.34. The molecule has 0 radical (unpaired) electrons. The quantitative estimate of drug-likeness (QED) is 0.700. The van der Waals surface area contributed by atoms with Crippen LogP contribution in [0.5, 0.6) is 0 Å². The van der Waals surface area contributed by atoms with Crippen molar-refractivity contribution >= 4 is 34.2 Å². The van der Waals surface area contributed by atoms with Gasteiger partial charge in [-0.15, -0.1) is 0 Å². The maximum Gasteiger partial charge on any atom is 0.279 e.